The van der Waals surface area contributed by atoms with E-state index in [4.69, 9.17) is 4.74 Å². The molecule has 2 atom stereocenters. The van der Waals surface area contributed by atoms with Gasteiger partial charge in [0.2, 0.25) is 11.8 Å². The van der Waals surface area contributed by atoms with Gasteiger partial charge in [-0.1, -0.05) is 32.0 Å². The monoisotopic (exact) mass is 376 g/mol. The number of carboxylic acid groups (broad SMARTS) is 1. The van der Waals surface area contributed by atoms with Crippen LogP contribution < -0.4 is 10.1 Å². The predicted octanol–water partition coefficient (Wildman–Crippen LogP) is 1.92. The van der Waals surface area contributed by atoms with Crippen LogP contribution in [0.25, 0.3) is 0 Å². The number of benzene rings is 1. The van der Waals surface area contributed by atoms with E-state index < -0.39 is 12.0 Å². The fourth-order valence-corrected chi connectivity index (χ4v) is 3.13. The van der Waals surface area contributed by atoms with Crippen molar-refractivity contribution in [1.82, 2.24) is 10.2 Å². The van der Waals surface area contributed by atoms with Gasteiger partial charge >= 0.3 is 5.97 Å². The molecule has 0 radical (unpaired) electrons. The van der Waals surface area contributed by atoms with Gasteiger partial charge in [-0.2, -0.15) is 0 Å². The van der Waals surface area contributed by atoms with Gasteiger partial charge in [-0.15, -0.1) is 0 Å². The Bertz CT molecular complexity index is 647. The summed E-state index contributed by atoms with van der Waals surface area (Å²) in [6, 6.07) is 8.38. The number of aliphatic carboxylic acids is 1. The molecule has 0 bridgehead atoms. The first-order valence-electron chi connectivity index (χ1n) is 9.37. The lowest BCUT2D eigenvalue weighted by Crippen LogP contribution is -2.51. The molecule has 2 rings (SSSR count). The van der Waals surface area contributed by atoms with Crippen LogP contribution in [-0.2, 0) is 14.4 Å². The highest BCUT2D eigenvalue weighted by atomic mass is 16.5. The largest absolute Gasteiger partial charge is 0.493 e. The Morgan fingerprint density at radius 3 is 2.59 bits per heavy atom. The lowest BCUT2D eigenvalue weighted by atomic mass is 9.95. The minimum atomic E-state index is -1.04. The molecule has 1 unspecified atom stereocenters. The van der Waals surface area contributed by atoms with Gasteiger partial charge < -0.3 is 20.1 Å². The third-order valence-electron chi connectivity index (χ3n) is 4.70. The minimum Gasteiger partial charge on any atom is -0.493 e. The van der Waals surface area contributed by atoms with E-state index in [9.17, 15) is 19.5 Å². The maximum absolute atomic E-state index is 12.4. The van der Waals surface area contributed by atoms with E-state index in [-0.39, 0.29) is 36.7 Å². The molecule has 1 saturated heterocycles. The van der Waals surface area contributed by atoms with E-state index >= 15 is 0 Å². The van der Waals surface area contributed by atoms with Gasteiger partial charge in [0.25, 0.3) is 0 Å². The van der Waals surface area contributed by atoms with Crippen molar-refractivity contribution in [3.8, 4) is 5.75 Å². The van der Waals surface area contributed by atoms with E-state index in [1.165, 1.54) is 0 Å². The van der Waals surface area contributed by atoms with Crippen molar-refractivity contribution in [3.63, 3.8) is 0 Å². The Labute approximate surface area is 159 Å². The summed E-state index contributed by atoms with van der Waals surface area (Å²) in [7, 11) is 0. The summed E-state index contributed by atoms with van der Waals surface area (Å²) < 4.78 is 5.56. The predicted molar refractivity (Wildman–Crippen MR) is 100 cm³/mol. The van der Waals surface area contributed by atoms with E-state index in [1.807, 2.05) is 30.3 Å². The van der Waals surface area contributed by atoms with Crippen LogP contribution >= 0.6 is 0 Å². The van der Waals surface area contributed by atoms with Crippen molar-refractivity contribution >= 4 is 17.8 Å². The van der Waals surface area contributed by atoms with Crippen molar-refractivity contribution < 1.29 is 24.2 Å². The summed E-state index contributed by atoms with van der Waals surface area (Å²) in [5.74, 6) is -1.26. The lowest BCUT2D eigenvalue weighted by Gasteiger charge is -2.33. The number of carboxylic acids is 1. The summed E-state index contributed by atoms with van der Waals surface area (Å²) in [6.45, 7) is 4.72. The molecular weight excluding hydrogens is 348 g/mol. The number of carbonyl (C=O) groups is 3. The third-order valence-corrected chi connectivity index (χ3v) is 4.70. The van der Waals surface area contributed by atoms with Gasteiger partial charge in [0.15, 0.2) is 0 Å². The molecule has 1 aromatic rings. The Morgan fingerprint density at radius 2 is 1.96 bits per heavy atom. The maximum Gasteiger partial charge on any atom is 0.326 e. The van der Waals surface area contributed by atoms with Crippen LogP contribution in [0.1, 0.15) is 33.1 Å². The second-order valence-electron chi connectivity index (χ2n) is 7.16. The highest BCUT2D eigenvalue weighted by Gasteiger charge is 2.31. The zero-order chi connectivity index (χ0) is 19.8. The van der Waals surface area contributed by atoms with E-state index in [0.29, 0.717) is 19.5 Å². The van der Waals surface area contributed by atoms with E-state index in [0.717, 1.165) is 12.2 Å². The number of para-hydroxylation sites is 1. The highest BCUT2D eigenvalue weighted by molar-refractivity contribution is 5.86. The standard InChI is InChI=1S/C20H28N2O5/c1-14(2)18(20(25)26)21-19(24)15-7-6-11-22(13-15)17(23)10-12-27-16-8-4-3-5-9-16/h3-5,8-9,14-15,18H,6-7,10-13H2,1-2H3,(H,21,24)(H,25,26)/t15?,18-/m1/s1. The first-order valence-corrected chi connectivity index (χ1v) is 9.37. The van der Waals surface area contributed by atoms with E-state index in [2.05, 4.69) is 5.32 Å². The topological polar surface area (TPSA) is 95.9 Å². The molecule has 0 saturated carbocycles. The molecule has 1 fully saturated rings. The van der Waals surface area contributed by atoms with Gasteiger partial charge in [-0.3, -0.25) is 9.59 Å². The fraction of sp³-hybridized carbons (Fsp3) is 0.550. The Morgan fingerprint density at radius 1 is 1.26 bits per heavy atom. The number of ether oxygens (including phenoxy) is 1. The van der Waals surface area contributed by atoms with Crippen LogP contribution in [0.5, 0.6) is 5.75 Å². The number of piperidine rings is 1. The highest BCUT2D eigenvalue weighted by Crippen LogP contribution is 2.18. The number of nitrogens with one attached hydrogen (secondary N) is 1. The zero-order valence-electron chi connectivity index (χ0n) is 15.9. The average Bonchev–Trinajstić information content (AvgIpc) is 2.66. The zero-order valence-corrected chi connectivity index (χ0v) is 15.9. The fourth-order valence-electron chi connectivity index (χ4n) is 3.13. The SMILES string of the molecule is CC(C)[C@@H](NC(=O)C1CCCN(C(=O)CCOc2ccccc2)C1)C(=O)O. The van der Waals surface area contributed by atoms with Crippen LogP contribution in [0.2, 0.25) is 0 Å². The third kappa shape index (κ3) is 6.27. The molecule has 1 aliphatic rings. The summed E-state index contributed by atoms with van der Waals surface area (Å²) in [4.78, 5) is 37.8. The number of carbonyl (C=O) groups excluding carboxylic acids is 2. The van der Waals surface area contributed by atoms with Gasteiger partial charge in [0.05, 0.1) is 18.9 Å². The number of rotatable bonds is 8. The second kappa shape index (κ2) is 9.94. The Hall–Kier alpha value is -2.57. The number of likely N-dealkylation sites (tertiary alicyclic amines) is 1. The van der Waals surface area contributed by atoms with Gasteiger partial charge in [0.1, 0.15) is 11.8 Å². The van der Waals surface area contributed by atoms with Crippen LogP contribution in [0, 0.1) is 11.8 Å². The van der Waals surface area contributed by atoms with Crippen molar-refractivity contribution in [3.05, 3.63) is 30.3 Å². The van der Waals surface area contributed by atoms with Crippen LogP contribution in [0.3, 0.4) is 0 Å². The number of hydrogen-bond acceptors (Lipinski definition) is 4. The Kier molecular flexibility index (Phi) is 7.64. The molecule has 0 aliphatic carbocycles. The van der Waals surface area contributed by atoms with Crippen LogP contribution in [-0.4, -0.2) is 53.5 Å². The second-order valence-corrected chi connectivity index (χ2v) is 7.16. The minimum absolute atomic E-state index is 0.0536. The molecular formula is C20H28N2O5. The quantitative estimate of drug-likeness (QED) is 0.723. The van der Waals surface area contributed by atoms with Crippen molar-refractivity contribution in [1.29, 1.82) is 0 Å². The molecule has 148 valence electrons. The average molecular weight is 376 g/mol. The van der Waals surface area contributed by atoms with Crippen LogP contribution in [0.4, 0.5) is 0 Å². The molecule has 0 aromatic heterocycles. The van der Waals surface area contributed by atoms with Crippen molar-refractivity contribution in [2.45, 2.75) is 39.2 Å². The molecule has 1 heterocycles. The molecule has 2 N–H and O–H groups in total. The smallest absolute Gasteiger partial charge is 0.326 e. The number of amides is 2. The molecule has 7 heteroatoms. The summed E-state index contributed by atoms with van der Waals surface area (Å²) >= 11 is 0. The van der Waals surface area contributed by atoms with Gasteiger partial charge in [-0.05, 0) is 30.9 Å². The normalized spacial score (nSPS) is 18.0. The molecule has 27 heavy (non-hydrogen) atoms. The lowest BCUT2D eigenvalue weighted by molar-refractivity contribution is -0.145. The Balaban J connectivity index is 1.82. The number of nitrogens with zero attached hydrogens (tertiary/aromatic N) is 1. The van der Waals surface area contributed by atoms with Crippen molar-refractivity contribution in [2.24, 2.45) is 11.8 Å². The van der Waals surface area contributed by atoms with Gasteiger partial charge in [-0.25, -0.2) is 4.79 Å². The first-order chi connectivity index (χ1) is 12.9. The summed E-state index contributed by atoms with van der Waals surface area (Å²) in [5.41, 5.74) is 0. The molecule has 1 aromatic carbocycles. The maximum atomic E-state index is 12.4. The summed E-state index contributed by atoms with van der Waals surface area (Å²) in [6.07, 6.45) is 1.62. The molecule has 7 nitrogen and oxygen atoms in total. The van der Waals surface area contributed by atoms with Gasteiger partial charge in [0, 0.05) is 13.1 Å². The first kappa shape index (κ1) is 20.7. The molecule has 1 aliphatic heterocycles. The van der Waals surface area contributed by atoms with Crippen molar-refractivity contribution in [2.75, 3.05) is 19.7 Å². The number of hydrogen-bond donors (Lipinski definition) is 2. The molecule has 0 spiro atoms. The molecule has 2 amide bonds. The van der Waals surface area contributed by atoms with Crippen LogP contribution in [0.15, 0.2) is 30.3 Å². The van der Waals surface area contributed by atoms with E-state index in [1.54, 1.807) is 18.7 Å². The summed E-state index contributed by atoms with van der Waals surface area (Å²) in [5, 5.41) is 11.8.